The normalized spacial score (nSPS) is 15.9. The maximum atomic E-state index is 12.4. The Morgan fingerprint density at radius 3 is 2.70 bits per heavy atom. The van der Waals surface area contributed by atoms with E-state index in [-0.39, 0.29) is 16.5 Å². The van der Waals surface area contributed by atoms with E-state index in [0.717, 1.165) is 24.0 Å². The van der Waals surface area contributed by atoms with Crippen LogP contribution in [0.25, 0.3) is 0 Å². The Hall–Kier alpha value is -1.40. The summed E-state index contributed by atoms with van der Waals surface area (Å²) in [7, 11) is -3.67. The molecule has 0 aromatic heterocycles. The van der Waals surface area contributed by atoms with E-state index in [2.05, 4.69) is 4.72 Å². The SMILES string of the molecule is CCC(C)NS(=O)(=O)c1cc(C(=O)O)cc2c1CCC2. The fraction of sp³-hybridized carbons (Fsp3) is 0.500. The van der Waals surface area contributed by atoms with Crippen molar-refractivity contribution in [3.63, 3.8) is 0 Å². The summed E-state index contributed by atoms with van der Waals surface area (Å²) in [5.74, 6) is -1.10. The minimum atomic E-state index is -3.67. The van der Waals surface area contributed by atoms with Crippen LogP contribution in [0.4, 0.5) is 0 Å². The summed E-state index contributed by atoms with van der Waals surface area (Å²) < 4.78 is 27.5. The third-order valence-electron chi connectivity index (χ3n) is 3.68. The number of carbonyl (C=O) groups is 1. The predicted octanol–water partition coefficient (Wildman–Crippen LogP) is 1.95. The molecule has 1 aromatic rings. The highest BCUT2D eigenvalue weighted by Gasteiger charge is 2.26. The van der Waals surface area contributed by atoms with Gasteiger partial charge < -0.3 is 5.11 Å². The summed E-state index contributed by atoms with van der Waals surface area (Å²) in [6.07, 6.45) is 2.97. The van der Waals surface area contributed by atoms with Crippen molar-refractivity contribution in [3.8, 4) is 0 Å². The smallest absolute Gasteiger partial charge is 0.335 e. The molecule has 1 aromatic carbocycles. The molecule has 0 spiro atoms. The zero-order valence-electron chi connectivity index (χ0n) is 11.6. The summed E-state index contributed by atoms with van der Waals surface area (Å²) in [6.45, 7) is 3.68. The number of fused-ring (bicyclic) bond motifs is 1. The fourth-order valence-corrected chi connectivity index (χ4v) is 4.10. The Labute approximate surface area is 119 Å². The maximum Gasteiger partial charge on any atom is 0.335 e. The van der Waals surface area contributed by atoms with Crippen molar-refractivity contribution in [2.24, 2.45) is 0 Å². The minimum Gasteiger partial charge on any atom is -0.478 e. The molecule has 1 aliphatic carbocycles. The Balaban J connectivity index is 2.53. The number of hydrogen-bond donors (Lipinski definition) is 2. The fourth-order valence-electron chi connectivity index (χ4n) is 2.44. The molecular weight excluding hydrogens is 278 g/mol. The largest absolute Gasteiger partial charge is 0.478 e. The van der Waals surface area contributed by atoms with Crippen LogP contribution in [0, 0.1) is 0 Å². The number of rotatable bonds is 5. The highest BCUT2D eigenvalue weighted by Crippen LogP contribution is 2.30. The van der Waals surface area contributed by atoms with Crippen molar-refractivity contribution in [2.45, 2.75) is 50.5 Å². The van der Waals surface area contributed by atoms with Gasteiger partial charge in [-0.1, -0.05) is 6.92 Å². The van der Waals surface area contributed by atoms with Crippen LogP contribution in [0.1, 0.15) is 48.2 Å². The number of aromatic carboxylic acids is 1. The standard InChI is InChI=1S/C14H19NO4S/c1-3-9(2)15-20(18,19)13-8-11(14(16)17)7-10-5-4-6-12(10)13/h7-9,15H,3-6H2,1-2H3,(H,16,17). The van der Waals surface area contributed by atoms with Gasteiger partial charge in [-0.2, -0.15) is 0 Å². The van der Waals surface area contributed by atoms with Gasteiger partial charge in [0.05, 0.1) is 10.5 Å². The van der Waals surface area contributed by atoms with Crippen molar-refractivity contribution in [1.29, 1.82) is 0 Å². The van der Waals surface area contributed by atoms with Gasteiger partial charge in [0.2, 0.25) is 10.0 Å². The lowest BCUT2D eigenvalue weighted by molar-refractivity contribution is 0.0696. The average molecular weight is 297 g/mol. The molecule has 6 heteroatoms. The van der Waals surface area contributed by atoms with Gasteiger partial charge in [-0.25, -0.2) is 17.9 Å². The topological polar surface area (TPSA) is 83.5 Å². The van der Waals surface area contributed by atoms with Crippen LogP contribution in [-0.4, -0.2) is 25.5 Å². The van der Waals surface area contributed by atoms with Gasteiger partial charge >= 0.3 is 5.97 Å². The maximum absolute atomic E-state index is 12.4. The molecule has 0 fully saturated rings. The molecule has 5 nitrogen and oxygen atoms in total. The molecule has 1 unspecified atom stereocenters. The second kappa shape index (κ2) is 5.54. The minimum absolute atomic E-state index is 0.0372. The highest BCUT2D eigenvalue weighted by molar-refractivity contribution is 7.89. The van der Waals surface area contributed by atoms with Crippen LogP contribution in [0.2, 0.25) is 0 Å². The molecule has 20 heavy (non-hydrogen) atoms. The van der Waals surface area contributed by atoms with E-state index in [9.17, 15) is 13.2 Å². The number of sulfonamides is 1. The van der Waals surface area contributed by atoms with Crippen LogP contribution in [0.3, 0.4) is 0 Å². The first-order valence-corrected chi connectivity index (χ1v) is 8.25. The molecule has 0 heterocycles. The Morgan fingerprint density at radius 1 is 1.40 bits per heavy atom. The summed E-state index contributed by atoms with van der Waals surface area (Å²) in [5, 5.41) is 9.12. The first-order chi connectivity index (χ1) is 9.35. The summed E-state index contributed by atoms with van der Waals surface area (Å²) >= 11 is 0. The van der Waals surface area contributed by atoms with Crippen molar-refractivity contribution in [1.82, 2.24) is 4.72 Å². The Bertz CT molecular complexity index is 637. The van der Waals surface area contributed by atoms with E-state index in [1.165, 1.54) is 6.07 Å². The third-order valence-corrected chi connectivity index (χ3v) is 5.34. The average Bonchev–Trinajstić information content (AvgIpc) is 2.84. The van der Waals surface area contributed by atoms with Crippen LogP contribution in [0.15, 0.2) is 17.0 Å². The van der Waals surface area contributed by atoms with Crippen molar-refractivity contribution in [3.05, 3.63) is 28.8 Å². The van der Waals surface area contributed by atoms with Gasteiger partial charge in [0.1, 0.15) is 0 Å². The molecule has 2 rings (SSSR count). The molecule has 1 aliphatic rings. The van der Waals surface area contributed by atoms with E-state index in [1.54, 1.807) is 13.0 Å². The van der Waals surface area contributed by atoms with Crippen LogP contribution in [-0.2, 0) is 22.9 Å². The quantitative estimate of drug-likeness (QED) is 0.870. The molecule has 0 amide bonds. The lowest BCUT2D eigenvalue weighted by Gasteiger charge is -2.15. The predicted molar refractivity (Wildman–Crippen MR) is 75.5 cm³/mol. The molecule has 0 saturated heterocycles. The number of benzene rings is 1. The number of carboxylic acids is 1. The monoisotopic (exact) mass is 297 g/mol. The second-order valence-electron chi connectivity index (χ2n) is 5.20. The summed E-state index contributed by atoms with van der Waals surface area (Å²) in [4.78, 5) is 11.3. The molecule has 0 aliphatic heterocycles. The zero-order chi connectivity index (χ0) is 14.9. The first-order valence-electron chi connectivity index (χ1n) is 6.76. The van der Waals surface area contributed by atoms with Crippen molar-refractivity contribution in [2.75, 3.05) is 0 Å². The van der Waals surface area contributed by atoms with E-state index < -0.39 is 16.0 Å². The van der Waals surface area contributed by atoms with E-state index in [4.69, 9.17) is 5.11 Å². The van der Waals surface area contributed by atoms with E-state index in [1.807, 2.05) is 6.92 Å². The van der Waals surface area contributed by atoms with Gasteiger partial charge in [0, 0.05) is 6.04 Å². The molecule has 0 radical (unpaired) electrons. The van der Waals surface area contributed by atoms with Gasteiger partial charge in [-0.05, 0) is 55.9 Å². The number of aryl methyl sites for hydroxylation is 1. The van der Waals surface area contributed by atoms with Gasteiger partial charge in [-0.15, -0.1) is 0 Å². The lowest BCUT2D eigenvalue weighted by Crippen LogP contribution is -2.32. The third kappa shape index (κ3) is 2.86. The van der Waals surface area contributed by atoms with Crippen molar-refractivity contribution < 1.29 is 18.3 Å². The van der Waals surface area contributed by atoms with Crippen LogP contribution < -0.4 is 4.72 Å². The highest BCUT2D eigenvalue weighted by atomic mass is 32.2. The van der Waals surface area contributed by atoms with Crippen LogP contribution >= 0.6 is 0 Å². The lowest BCUT2D eigenvalue weighted by atomic mass is 10.1. The molecule has 0 saturated carbocycles. The Morgan fingerprint density at radius 2 is 2.10 bits per heavy atom. The first kappa shape index (κ1) is 15.0. The van der Waals surface area contributed by atoms with E-state index in [0.29, 0.717) is 12.8 Å². The van der Waals surface area contributed by atoms with Crippen LogP contribution in [0.5, 0.6) is 0 Å². The number of carboxylic acid groups (broad SMARTS) is 1. The molecule has 2 N–H and O–H groups in total. The second-order valence-corrected chi connectivity index (χ2v) is 6.88. The summed E-state index contributed by atoms with van der Waals surface area (Å²) in [6, 6.07) is 2.69. The zero-order valence-corrected chi connectivity index (χ0v) is 12.5. The molecule has 1 atom stereocenters. The van der Waals surface area contributed by atoms with Crippen molar-refractivity contribution >= 4 is 16.0 Å². The Kier molecular flexibility index (Phi) is 4.15. The van der Waals surface area contributed by atoms with Gasteiger partial charge in [0.25, 0.3) is 0 Å². The number of hydrogen-bond acceptors (Lipinski definition) is 3. The number of nitrogens with one attached hydrogen (secondary N) is 1. The molecule has 0 bridgehead atoms. The van der Waals surface area contributed by atoms with Gasteiger partial charge in [-0.3, -0.25) is 0 Å². The molecule has 110 valence electrons. The van der Waals surface area contributed by atoms with E-state index >= 15 is 0 Å². The summed E-state index contributed by atoms with van der Waals surface area (Å²) in [5.41, 5.74) is 1.65. The molecular formula is C14H19NO4S. The van der Waals surface area contributed by atoms with Gasteiger partial charge in [0.15, 0.2) is 0 Å².